The van der Waals surface area contributed by atoms with E-state index in [0.29, 0.717) is 6.04 Å². The van der Waals surface area contributed by atoms with Crippen LogP contribution in [-0.4, -0.2) is 30.7 Å². The van der Waals surface area contributed by atoms with Gasteiger partial charge in [-0.2, -0.15) is 0 Å². The fourth-order valence-electron chi connectivity index (χ4n) is 2.29. The van der Waals surface area contributed by atoms with E-state index in [2.05, 4.69) is 41.4 Å². The second-order valence-corrected chi connectivity index (χ2v) is 6.13. The summed E-state index contributed by atoms with van der Waals surface area (Å²) in [7, 11) is 0. The van der Waals surface area contributed by atoms with Crippen molar-refractivity contribution in [2.75, 3.05) is 24.5 Å². The molecule has 1 N–H and O–H groups in total. The van der Waals surface area contributed by atoms with Gasteiger partial charge in [0.15, 0.2) is 5.13 Å². The number of nitrogens with zero attached hydrogens (tertiary/aromatic N) is 2. The van der Waals surface area contributed by atoms with Gasteiger partial charge in [-0.15, -0.1) is 11.3 Å². The SMILES string of the molecule is Cc1csc(N2CCCC(CNC(C)C)C2)n1. The molecule has 1 aliphatic heterocycles. The summed E-state index contributed by atoms with van der Waals surface area (Å²) in [5, 5.41) is 6.90. The predicted molar refractivity (Wildman–Crippen MR) is 74.9 cm³/mol. The third kappa shape index (κ3) is 3.68. The summed E-state index contributed by atoms with van der Waals surface area (Å²) in [5.41, 5.74) is 1.15. The number of piperidine rings is 1. The van der Waals surface area contributed by atoms with Crippen LogP contribution in [0.2, 0.25) is 0 Å². The van der Waals surface area contributed by atoms with Crippen LogP contribution in [0.5, 0.6) is 0 Å². The molecular formula is C13H23N3S. The van der Waals surface area contributed by atoms with E-state index in [9.17, 15) is 0 Å². The molecule has 0 bridgehead atoms. The van der Waals surface area contributed by atoms with Crippen molar-refractivity contribution in [2.24, 2.45) is 5.92 Å². The first-order chi connectivity index (χ1) is 8.15. The molecule has 1 aromatic rings. The molecule has 1 atom stereocenters. The van der Waals surface area contributed by atoms with Gasteiger partial charge in [0.25, 0.3) is 0 Å². The van der Waals surface area contributed by atoms with Crippen LogP contribution in [0, 0.1) is 12.8 Å². The Morgan fingerprint density at radius 2 is 2.41 bits per heavy atom. The highest BCUT2D eigenvalue weighted by Crippen LogP contribution is 2.25. The van der Waals surface area contributed by atoms with Gasteiger partial charge >= 0.3 is 0 Å². The second kappa shape index (κ2) is 5.83. The normalized spacial score (nSPS) is 21.2. The van der Waals surface area contributed by atoms with E-state index in [0.717, 1.165) is 24.7 Å². The minimum atomic E-state index is 0.590. The number of nitrogens with one attached hydrogen (secondary N) is 1. The summed E-state index contributed by atoms with van der Waals surface area (Å²) in [6, 6.07) is 0.590. The average molecular weight is 253 g/mol. The van der Waals surface area contributed by atoms with Crippen molar-refractivity contribution in [2.45, 2.75) is 39.7 Å². The number of aryl methyl sites for hydroxylation is 1. The monoisotopic (exact) mass is 253 g/mol. The van der Waals surface area contributed by atoms with Crippen LogP contribution < -0.4 is 10.2 Å². The Morgan fingerprint density at radius 3 is 3.06 bits per heavy atom. The number of hydrogen-bond acceptors (Lipinski definition) is 4. The molecule has 2 rings (SSSR count). The average Bonchev–Trinajstić information content (AvgIpc) is 2.74. The Labute approximate surface area is 108 Å². The van der Waals surface area contributed by atoms with E-state index in [1.807, 2.05) is 0 Å². The molecule has 0 aromatic carbocycles. The lowest BCUT2D eigenvalue weighted by Gasteiger charge is -2.33. The molecule has 0 aliphatic carbocycles. The van der Waals surface area contributed by atoms with E-state index < -0.39 is 0 Å². The molecule has 1 aliphatic rings. The van der Waals surface area contributed by atoms with Crippen LogP contribution in [0.15, 0.2) is 5.38 Å². The van der Waals surface area contributed by atoms with Gasteiger partial charge in [-0.25, -0.2) is 4.98 Å². The molecule has 1 saturated heterocycles. The highest BCUT2D eigenvalue weighted by molar-refractivity contribution is 7.13. The fraction of sp³-hybridized carbons (Fsp3) is 0.769. The first kappa shape index (κ1) is 12.8. The zero-order chi connectivity index (χ0) is 12.3. The van der Waals surface area contributed by atoms with Crippen LogP contribution in [0.4, 0.5) is 5.13 Å². The molecule has 0 spiro atoms. The van der Waals surface area contributed by atoms with Crippen LogP contribution in [0.25, 0.3) is 0 Å². The predicted octanol–water partition coefficient (Wildman–Crippen LogP) is 2.67. The van der Waals surface area contributed by atoms with Gasteiger partial charge in [-0.05, 0) is 32.2 Å². The maximum atomic E-state index is 4.59. The van der Waals surface area contributed by atoms with Crippen molar-refractivity contribution in [3.8, 4) is 0 Å². The van der Waals surface area contributed by atoms with Gasteiger partial charge in [0.1, 0.15) is 0 Å². The Hall–Kier alpha value is -0.610. The van der Waals surface area contributed by atoms with Crippen molar-refractivity contribution in [3.63, 3.8) is 0 Å². The zero-order valence-electron chi connectivity index (χ0n) is 11.1. The molecule has 2 heterocycles. The van der Waals surface area contributed by atoms with E-state index in [-0.39, 0.29) is 0 Å². The molecule has 4 heteroatoms. The molecule has 17 heavy (non-hydrogen) atoms. The third-order valence-corrected chi connectivity index (χ3v) is 4.23. The zero-order valence-corrected chi connectivity index (χ0v) is 11.9. The Morgan fingerprint density at radius 1 is 1.59 bits per heavy atom. The van der Waals surface area contributed by atoms with Crippen LogP contribution in [0.1, 0.15) is 32.4 Å². The van der Waals surface area contributed by atoms with Crippen molar-refractivity contribution in [1.29, 1.82) is 0 Å². The van der Waals surface area contributed by atoms with Crippen molar-refractivity contribution in [3.05, 3.63) is 11.1 Å². The number of thiazole rings is 1. The summed E-state index contributed by atoms with van der Waals surface area (Å²) in [6.45, 7) is 9.97. The van der Waals surface area contributed by atoms with E-state index in [1.54, 1.807) is 11.3 Å². The van der Waals surface area contributed by atoms with Gasteiger partial charge in [0.05, 0.1) is 5.69 Å². The summed E-state index contributed by atoms with van der Waals surface area (Å²) < 4.78 is 0. The first-order valence-electron chi connectivity index (χ1n) is 6.55. The van der Waals surface area contributed by atoms with Gasteiger partial charge < -0.3 is 10.2 Å². The topological polar surface area (TPSA) is 28.2 Å². The molecule has 1 fully saturated rings. The second-order valence-electron chi connectivity index (χ2n) is 5.29. The van der Waals surface area contributed by atoms with Crippen LogP contribution in [0.3, 0.4) is 0 Å². The lowest BCUT2D eigenvalue weighted by atomic mass is 9.98. The summed E-state index contributed by atoms with van der Waals surface area (Å²) in [5.74, 6) is 0.773. The maximum Gasteiger partial charge on any atom is 0.185 e. The minimum absolute atomic E-state index is 0.590. The van der Waals surface area contributed by atoms with Crippen LogP contribution >= 0.6 is 11.3 Å². The smallest absolute Gasteiger partial charge is 0.185 e. The van der Waals surface area contributed by atoms with Gasteiger partial charge in [-0.3, -0.25) is 0 Å². The number of aromatic nitrogens is 1. The molecule has 96 valence electrons. The Bertz CT molecular complexity index is 348. The molecule has 1 aromatic heterocycles. The van der Waals surface area contributed by atoms with Gasteiger partial charge in [0, 0.05) is 24.5 Å². The number of hydrogen-bond donors (Lipinski definition) is 1. The molecule has 0 amide bonds. The van der Waals surface area contributed by atoms with Crippen molar-refractivity contribution < 1.29 is 0 Å². The summed E-state index contributed by atoms with van der Waals surface area (Å²) in [6.07, 6.45) is 2.64. The van der Waals surface area contributed by atoms with E-state index in [1.165, 1.54) is 24.5 Å². The quantitative estimate of drug-likeness (QED) is 0.894. The van der Waals surface area contributed by atoms with Gasteiger partial charge in [-0.1, -0.05) is 13.8 Å². The lowest BCUT2D eigenvalue weighted by Crippen LogP contribution is -2.41. The highest BCUT2D eigenvalue weighted by Gasteiger charge is 2.21. The number of anilines is 1. The first-order valence-corrected chi connectivity index (χ1v) is 7.43. The minimum Gasteiger partial charge on any atom is -0.348 e. The van der Waals surface area contributed by atoms with Crippen LogP contribution in [-0.2, 0) is 0 Å². The Kier molecular flexibility index (Phi) is 4.40. The lowest BCUT2D eigenvalue weighted by molar-refractivity contribution is 0.379. The fourth-order valence-corrected chi connectivity index (χ4v) is 3.13. The molecule has 3 nitrogen and oxygen atoms in total. The summed E-state index contributed by atoms with van der Waals surface area (Å²) in [4.78, 5) is 7.04. The largest absolute Gasteiger partial charge is 0.348 e. The standard InChI is InChI=1S/C13H23N3S/c1-10(2)14-7-12-5-4-6-16(8-12)13-15-11(3)9-17-13/h9-10,12,14H,4-8H2,1-3H3. The number of rotatable bonds is 4. The van der Waals surface area contributed by atoms with E-state index >= 15 is 0 Å². The molecule has 0 saturated carbocycles. The van der Waals surface area contributed by atoms with E-state index in [4.69, 9.17) is 0 Å². The molecular weight excluding hydrogens is 230 g/mol. The van der Waals surface area contributed by atoms with Crippen molar-refractivity contribution in [1.82, 2.24) is 10.3 Å². The molecule has 0 radical (unpaired) electrons. The van der Waals surface area contributed by atoms with Crippen molar-refractivity contribution >= 4 is 16.5 Å². The highest BCUT2D eigenvalue weighted by atomic mass is 32.1. The molecule has 1 unspecified atom stereocenters. The summed E-state index contributed by atoms with van der Waals surface area (Å²) >= 11 is 1.78. The maximum absolute atomic E-state index is 4.59. The van der Waals surface area contributed by atoms with Gasteiger partial charge in [0.2, 0.25) is 0 Å². The third-order valence-electron chi connectivity index (χ3n) is 3.21. The Balaban J connectivity index is 1.88.